The van der Waals surface area contributed by atoms with Gasteiger partial charge in [-0.3, -0.25) is 14.1 Å². The summed E-state index contributed by atoms with van der Waals surface area (Å²) in [5.74, 6) is -2.29. The molecule has 0 spiro atoms. The molecule has 0 saturated heterocycles. The molecule has 0 saturated carbocycles. The molecule has 0 unspecified atom stereocenters. The Morgan fingerprint density at radius 1 is 0.931 bits per heavy atom. The SMILES string of the molecule is O=C(Cc1ccc(N=Nc2ccc(C(=O)O)c(=O)cc2)cc1)NCCS(=O)(=O)O. The molecule has 0 aliphatic carbocycles. The van der Waals surface area contributed by atoms with E-state index in [1.54, 1.807) is 24.3 Å². The quantitative estimate of drug-likeness (QED) is 0.433. The number of benzene rings is 1. The average molecular weight is 419 g/mol. The summed E-state index contributed by atoms with van der Waals surface area (Å²) in [6.45, 7) is -0.187. The summed E-state index contributed by atoms with van der Waals surface area (Å²) in [7, 11) is -4.12. The number of carboxylic acid groups (broad SMARTS) is 1. The number of carbonyl (C=O) groups is 2. The van der Waals surface area contributed by atoms with E-state index < -0.39 is 33.2 Å². The molecule has 0 aliphatic rings. The molecule has 0 aromatic heterocycles. The van der Waals surface area contributed by atoms with Crippen LogP contribution in [0.5, 0.6) is 0 Å². The third kappa shape index (κ3) is 7.60. The van der Waals surface area contributed by atoms with E-state index in [9.17, 15) is 22.8 Å². The van der Waals surface area contributed by atoms with Crippen LogP contribution in [0.4, 0.5) is 11.4 Å². The first-order valence-corrected chi connectivity index (χ1v) is 9.85. The normalized spacial score (nSPS) is 11.3. The maximum Gasteiger partial charge on any atom is 0.339 e. The molecule has 2 aromatic carbocycles. The second kappa shape index (κ2) is 9.66. The summed E-state index contributed by atoms with van der Waals surface area (Å²) in [5, 5.41) is 19.2. The van der Waals surface area contributed by atoms with Gasteiger partial charge in [-0.25, -0.2) is 4.79 Å². The number of hydrogen-bond donors (Lipinski definition) is 3. The fourth-order valence-corrected chi connectivity index (χ4v) is 2.52. The van der Waals surface area contributed by atoms with Crippen LogP contribution in [-0.2, 0) is 21.3 Å². The molecular formula is C18H17N3O7S. The van der Waals surface area contributed by atoms with Crippen molar-refractivity contribution < 1.29 is 27.7 Å². The third-order valence-corrected chi connectivity index (χ3v) is 4.31. The zero-order chi connectivity index (χ0) is 21.4. The maximum absolute atomic E-state index is 11.7. The summed E-state index contributed by atoms with van der Waals surface area (Å²) in [4.78, 5) is 34.3. The van der Waals surface area contributed by atoms with Crippen molar-refractivity contribution in [2.24, 2.45) is 10.2 Å². The molecule has 3 N–H and O–H groups in total. The van der Waals surface area contributed by atoms with Crippen LogP contribution in [0.3, 0.4) is 0 Å². The lowest BCUT2D eigenvalue weighted by Crippen LogP contribution is -2.30. The Morgan fingerprint density at radius 3 is 2.03 bits per heavy atom. The van der Waals surface area contributed by atoms with Crippen molar-refractivity contribution >= 4 is 33.4 Å². The summed E-state index contributed by atoms with van der Waals surface area (Å²) in [6.07, 6.45) is 0.0155. The van der Waals surface area contributed by atoms with Gasteiger partial charge in [0, 0.05) is 6.54 Å². The number of carboxylic acids is 1. The minimum absolute atomic E-state index is 0.0155. The van der Waals surface area contributed by atoms with Crippen LogP contribution < -0.4 is 10.7 Å². The fourth-order valence-electron chi connectivity index (χ4n) is 2.16. The Balaban J connectivity index is 1.98. The van der Waals surface area contributed by atoms with E-state index in [1.807, 2.05) is 0 Å². The van der Waals surface area contributed by atoms with Crippen LogP contribution in [0.1, 0.15) is 15.9 Å². The zero-order valence-corrected chi connectivity index (χ0v) is 15.8. The van der Waals surface area contributed by atoms with Crippen LogP contribution in [0.25, 0.3) is 0 Å². The van der Waals surface area contributed by atoms with Crippen LogP contribution in [-0.4, -0.2) is 42.3 Å². The topological polar surface area (TPSA) is 163 Å². The molecule has 0 radical (unpaired) electrons. The molecule has 0 aliphatic heterocycles. The first kappa shape index (κ1) is 21.9. The summed E-state index contributed by atoms with van der Waals surface area (Å²) < 4.78 is 29.8. The van der Waals surface area contributed by atoms with E-state index in [0.717, 1.165) is 12.1 Å². The molecule has 2 aromatic rings. The second-order valence-electron chi connectivity index (χ2n) is 5.85. The highest BCUT2D eigenvalue weighted by Crippen LogP contribution is 2.18. The number of amides is 1. The van der Waals surface area contributed by atoms with Crippen molar-refractivity contribution in [3.8, 4) is 0 Å². The van der Waals surface area contributed by atoms with Gasteiger partial charge in [-0.15, -0.1) is 0 Å². The lowest BCUT2D eigenvalue weighted by Gasteiger charge is -2.04. The number of nitrogens with one attached hydrogen (secondary N) is 1. The molecule has 0 fully saturated rings. The van der Waals surface area contributed by atoms with E-state index in [0.29, 0.717) is 11.3 Å². The van der Waals surface area contributed by atoms with Crippen molar-refractivity contribution in [1.82, 2.24) is 5.32 Å². The van der Waals surface area contributed by atoms with Gasteiger partial charge in [-0.05, 0) is 42.0 Å². The van der Waals surface area contributed by atoms with Crippen LogP contribution in [0, 0.1) is 0 Å². The minimum atomic E-state index is -4.12. The van der Waals surface area contributed by atoms with E-state index in [2.05, 4.69) is 15.5 Å². The van der Waals surface area contributed by atoms with Crippen LogP contribution in [0.2, 0.25) is 0 Å². The highest BCUT2D eigenvalue weighted by Gasteiger charge is 2.08. The number of rotatable bonds is 8. The van der Waals surface area contributed by atoms with Crippen molar-refractivity contribution in [2.45, 2.75) is 6.42 Å². The number of nitrogens with zero attached hydrogens (tertiary/aromatic N) is 2. The predicted octanol–water partition coefficient (Wildman–Crippen LogP) is 1.71. The Bertz CT molecular complexity index is 1100. The summed E-state index contributed by atoms with van der Waals surface area (Å²) >= 11 is 0. The largest absolute Gasteiger partial charge is 0.478 e. The predicted molar refractivity (Wildman–Crippen MR) is 103 cm³/mol. The Hall–Kier alpha value is -3.44. The molecule has 152 valence electrons. The zero-order valence-electron chi connectivity index (χ0n) is 15.0. The molecular weight excluding hydrogens is 402 g/mol. The van der Waals surface area contributed by atoms with Gasteiger partial charge in [0.25, 0.3) is 10.1 Å². The lowest BCUT2D eigenvalue weighted by atomic mass is 10.1. The molecule has 10 nitrogen and oxygen atoms in total. The number of azo groups is 1. The first-order chi connectivity index (χ1) is 13.6. The van der Waals surface area contributed by atoms with Gasteiger partial charge >= 0.3 is 5.97 Å². The Kier molecular flexibility index (Phi) is 7.28. The standard InChI is InChI=1S/C18H17N3O7S/c22-16-8-6-14(5-7-15(16)18(24)25)21-20-13-3-1-12(2-4-13)11-17(23)19-9-10-29(26,27)28/h1-8H,9-11H2,(H,19,23)(H,24,25)(H,26,27,28). The number of carbonyl (C=O) groups excluding carboxylic acids is 1. The molecule has 2 rings (SSSR count). The van der Waals surface area contributed by atoms with Crippen molar-refractivity contribution in [3.63, 3.8) is 0 Å². The van der Waals surface area contributed by atoms with E-state index in [4.69, 9.17) is 9.66 Å². The van der Waals surface area contributed by atoms with E-state index in [1.165, 1.54) is 12.1 Å². The van der Waals surface area contributed by atoms with E-state index in [-0.39, 0.29) is 24.2 Å². The highest BCUT2D eigenvalue weighted by molar-refractivity contribution is 7.85. The van der Waals surface area contributed by atoms with Crippen molar-refractivity contribution in [1.29, 1.82) is 0 Å². The van der Waals surface area contributed by atoms with Crippen molar-refractivity contribution in [3.05, 3.63) is 69.9 Å². The van der Waals surface area contributed by atoms with Gasteiger partial charge in [0.2, 0.25) is 5.91 Å². The molecule has 0 atom stereocenters. The molecule has 0 heterocycles. The van der Waals surface area contributed by atoms with Gasteiger partial charge in [0.15, 0.2) is 5.43 Å². The maximum atomic E-state index is 11.7. The van der Waals surface area contributed by atoms with Gasteiger partial charge in [-0.2, -0.15) is 18.6 Å². The average Bonchev–Trinajstić information content (AvgIpc) is 2.81. The van der Waals surface area contributed by atoms with Gasteiger partial charge < -0.3 is 10.4 Å². The minimum Gasteiger partial charge on any atom is -0.478 e. The molecule has 29 heavy (non-hydrogen) atoms. The monoisotopic (exact) mass is 419 g/mol. The van der Waals surface area contributed by atoms with Gasteiger partial charge in [0.1, 0.15) is 5.56 Å². The third-order valence-electron chi connectivity index (χ3n) is 3.59. The molecule has 11 heteroatoms. The molecule has 0 bridgehead atoms. The van der Waals surface area contributed by atoms with Gasteiger partial charge in [-0.1, -0.05) is 12.1 Å². The fraction of sp³-hybridized carbons (Fsp3) is 0.167. The highest BCUT2D eigenvalue weighted by atomic mass is 32.2. The Labute approximate surface area is 165 Å². The number of aromatic carboxylic acids is 1. The summed E-state index contributed by atoms with van der Waals surface area (Å²) in [5.41, 5.74) is 0.398. The first-order valence-electron chi connectivity index (χ1n) is 8.24. The molecule has 1 amide bonds. The summed E-state index contributed by atoms with van der Waals surface area (Å²) in [6, 6.07) is 11.5. The van der Waals surface area contributed by atoms with Crippen LogP contribution in [0.15, 0.2) is 63.6 Å². The smallest absolute Gasteiger partial charge is 0.339 e. The van der Waals surface area contributed by atoms with Gasteiger partial charge in [0.05, 0.1) is 23.5 Å². The number of hydrogen-bond acceptors (Lipinski definition) is 7. The second-order valence-corrected chi connectivity index (χ2v) is 7.43. The lowest BCUT2D eigenvalue weighted by molar-refractivity contribution is -0.120. The Morgan fingerprint density at radius 2 is 1.48 bits per heavy atom. The van der Waals surface area contributed by atoms with Crippen molar-refractivity contribution in [2.75, 3.05) is 12.3 Å². The van der Waals surface area contributed by atoms with Crippen LogP contribution >= 0.6 is 0 Å². The van der Waals surface area contributed by atoms with E-state index >= 15 is 0 Å².